The molecule has 6 aromatic heterocycles. The molecule has 0 unspecified atom stereocenters. The molecule has 2 radical (unpaired) electrons. The number of hydrogen-bond donors (Lipinski definition) is 0. The van der Waals surface area contributed by atoms with E-state index in [9.17, 15) is 50.4 Å². The number of aromatic carboxylic acids is 2. The van der Waals surface area contributed by atoms with Crippen LogP contribution in [-0.2, 0) is 119 Å². The normalized spacial score (nSPS) is 7.81. The van der Waals surface area contributed by atoms with Crippen molar-refractivity contribution < 1.29 is 198 Å². The number of carboxylic acids is 2. The molecule has 0 amide bonds. The van der Waals surface area contributed by atoms with Gasteiger partial charge in [0.25, 0.3) is 0 Å². The van der Waals surface area contributed by atoms with Crippen LogP contribution in [0, 0.1) is 65.8 Å². The number of carboxylic acid groups (broad SMARTS) is 2. The zero-order valence-electron chi connectivity index (χ0n) is 50.8. The number of nitrogens with zero attached hydrogens (tertiary/aromatic N) is 10. The smallest absolute Gasteiger partial charge is 2.00 e. The van der Waals surface area contributed by atoms with Crippen molar-refractivity contribution in [1.82, 2.24) is 29.9 Å². The topological polar surface area (TPSA) is 696 Å². The van der Waals surface area contributed by atoms with E-state index in [0.29, 0.717) is 34.2 Å². The maximum atomic E-state index is 10.1. The molecular formula is C58H62Cl2Mn4N10O22-8. The SMILES string of the molecule is CC#N.CC#N.CC#N.CC#N.O.O.O=C([O-])c1ccccc1.O=C([O-])c1ccccc1.[Mn+3].[Mn+3].[Mn].[Mn].[O-2].[O-2].[O-]Cc1ccccn1.[O-]Cc1ccccn1.[O-]Cc1ccccn1.[O-]Cc1ccccn1.[O-]Cc1ccccn1.[O-]Cc1ccccn1.[O-][Cl+3]([O-])([O-])[O-].[O-][Cl+3]([O-])([O-])[O-]. The molecule has 0 spiro atoms. The minimum atomic E-state index is -4.94. The fourth-order valence-electron chi connectivity index (χ4n) is 4.05. The number of halogens is 2. The second kappa shape index (κ2) is 91.4. The van der Waals surface area contributed by atoms with Gasteiger partial charge in [0.05, 0.1) is 36.2 Å². The number of rotatable bonds is 8. The molecule has 8 rings (SSSR count). The van der Waals surface area contributed by atoms with E-state index < -0.39 is 32.4 Å². The minimum absolute atomic E-state index is 0. The summed E-state index contributed by atoms with van der Waals surface area (Å²) in [5, 5.41) is 110. The predicted molar refractivity (Wildman–Crippen MR) is 283 cm³/mol. The first-order valence-electron chi connectivity index (χ1n) is 23.7. The average molecular weight is 1540 g/mol. The molecule has 0 bridgehead atoms. The first-order chi connectivity index (χ1) is 41.9. The summed E-state index contributed by atoms with van der Waals surface area (Å²) in [7, 11) is -9.89. The van der Waals surface area contributed by atoms with Crippen molar-refractivity contribution in [3.63, 3.8) is 0 Å². The number of carbonyl (C=O) groups is 2. The molecule has 96 heavy (non-hydrogen) atoms. The predicted octanol–water partition coefficient (Wildman–Crippen LogP) is -9.54. The monoisotopic (exact) mass is 1540 g/mol. The van der Waals surface area contributed by atoms with Crippen LogP contribution >= 0.6 is 0 Å². The molecule has 0 aliphatic rings. The average Bonchev–Trinajstić information content (AvgIpc) is 2.35. The van der Waals surface area contributed by atoms with E-state index in [1.165, 1.54) is 52.0 Å². The molecule has 0 saturated heterocycles. The number of nitriles is 4. The van der Waals surface area contributed by atoms with Gasteiger partial charge in [0.1, 0.15) is 0 Å². The molecule has 32 nitrogen and oxygen atoms in total. The van der Waals surface area contributed by atoms with E-state index >= 15 is 0 Å². The van der Waals surface area contributed by atoms with Crippen molar-refractivity contribution in [2.24, 2.45) is 0 Å². The van der Waals surface area contributed by atoms with Gasteiger partial charge >= 0.3 is 34.1 Å². The van der Waals surface area contributed by atoms with Crippen molar-refractivity contribution in [3.8, 4) is 24.3 Å². The Bertz CT molecular complexity index is 2560. The second-order valence-corrected chi connectivity index (χ2v) is 15.3. The molecular weight excluding hydrogens is 1480 g/mol. The molecule has 38 heteroatoms. The van der Waals surface area contributed by atoms with Crippen molar-refractivity contribution in [1.29, 1.82) is 21.0 Å². The summed E-state index contributed by atoms with van der Waals surface area (Å²) in [4.78, 5) is 42.9. The Morgan fingerprint density at radius 3 is 0.500 bits per heavy atom. The van der Waals surface area contributed by atoms with Crippen LogP contribution < -0.4 is 78.1 Å². The maximum Gasteiger partial charge on any atom is 3.00 e. The van der Waals surface area contributed by atoms with Gasteiger partial charge in [-0.05, 0) is 83.9 Å². The molecule has 0 saturated carbocycles. The third kappa shape index (κ3) is 108. The van der Waals surface area contributed by atoms with Crippen LogP contribution in [0.1, 0.15) is 82.6 Å². The molecule has 4 N–H and O–H groups in total. The largest absolute Gasteiger partial charge is 3.00 e. The molecule has 0 fully saturated rings. The molecule has 0 aliphatic heterocycles. The summed E-state index contributed by atoms with van der Waals surface area (Å²) < 4.78 is 67.9. The summed E-state index contributed by atoms with van der Waals surface area (Å²) in [6.07, 6.45) is 9.71. The Hall–Kier alpha value is -7.82. The summed E-state index contributed by atoms with van der Waals surface area (Å²) in [5.74, 6) is -2.26. The summed E-state index contributed by atoms with van der Waals surface area (Å²) >= 11 is 0. The molecule has 6 heterocycles. The Morgan fingerprint density at radius 1 is 0.323 bits per heavy atom. The Balaban J connectivity index is -0.0000000633. The van der Waals surface area contributed by atoms with Gasteiger partial charge in [-0.1, -0.05) is 137 Å². The van der Waals surface area contributed by atoms with E-state index in [0.717, 1.165) is 0 Å². The van der Waals surface area contributed by atoms with E-state index in [1.807, 2.05) is 0 Å². The van der Waals surface area contributed by atoms with Crippen LogP contribution in [0.2, 0.25) is 0 Å². The van der Waals surface area contributed by atoms with Gasteiger partial charge in [-0.25, -0.2) is 37.3 Å². The second-order valence-electron chi connectivity index (χ2n) is 13.7. The van der Waals surface area contributed by atoms with Gasteiger partial charge in [-0.15, -0.1) is 20.5 Å². The third-order valence-corrected chi connectivity index (χ3v) is 7.26. The van der Waals surface area contributed by atoms with E-state index in [4.69, 9.17) is 58.3 Å². The molecule has 0 aliphatic carbocycles. The van der Waals surface area contributed by atoms with Crippen molar-refractivity contribution in [3.05, 3.63) is 252 Å². The summed E-state index contributed by atoms with van der Waals surface area (Å²) in [6, 6.07) is 55.0. The van der Waals surface area contributed by atoms with E-state index in [1.54, 1.807) is 207 Å². The van der Waals surface area contributed by atoms with Crippen LogP contribution in [-0.4, -0.2) is 52.8 Å². The summed E-state index contributed by atoms with van der Waals surface area (Å²) in [6.45, 7) is 4.39. The Kier molecular flexibility index (Phi) is 116. The summed E-state index contributed by atoms with van der Waals surface area (Å²) in [5.41, 5.74) is 4.06. The fourth-order valence-corrected chi connectivity index (χ4v) is 4.05. The first kappa shape index (κ1) is 122. The van der Waals surface area contributed by atoms with Gasteiger partial charge < -0.3 is 72.3 Å². The zero-order valence-corrected chi connectivity index (χ0v) is 57.0. The molecule has 8 aromatic rings. The van der Waals surface area contributed by atoms with Gasteiger partial charge in [-0.3, -0.25) is 29.9 Å². The number of pyridine rings is 6. The number of hydrogen-bond acceptors (Lipinski definition) is 28. The Morgan fingerprint density at radius 2 is 0.438 bits per heavy atom. The number of carbonyl (C=O) groups excluding carboxylic acids is 2. The van der Waals surface area contributed by atoms with Crippen molar-refractivity contribution >= 4 is 11.9 Å². The number of aromatic nitrogens is 6. The van der Waals surface area contributed by atoms with Gasteiger partial charge in [0.15, 0.2) is 0 Å². The van der Waals surface area contributed by atoms with E-state index in [2.05, 4.69) is 29.9 Å². The molecule has 526 valence electrons. The van der Waals surface area contributed by atoms with Gasteiger partial charge in [0.2, 0.25) is 0 Å². The van der Waals surface area contributed by atoms with E-state index in [-0.39, 0.29) is 141 Å². The van der Waals surface area contributed by atoms with Crippen molar-refractivity contribution in [2.75, 3.05) is 0 Å². The van der Waals surface area contributed by atoms with Crippen LogP contribution in [0.15, 0.2) is 207 Å². The first-order valence-corrected chi connectivity index (χ1v) is 26.2. The fraction of sp³-hybridized carbons (Fsp3) is 0.172. The van der Waals surface area contributed by atoms with Gasteiger partial charge in [-0.2, -0.15) is 21.0 Å². The molecule has 0 atom stereocenters. The van der Waals surface area contributed by atoms with Crippen molar-refractivity contribution in [2.45, 2.75) is 67.3 Å². The third-order valence-electron chi connectivity index (χ3n) is 7.26. The van der Waals surface area contributed by atoms with Crippen LogP contribution in [0.25, 0.3) is 0 Å². The Labute approximate surface area is 601 Å². The standard InChI is InChI=1S/2C7H6O2.6C6H6NO.4C2H3N.2ClHO4.4Mn.2H2O.2O/c2*8-7(9)6-4-2-1-3-5-6;6*8-5-6-3-1-2-4-7-6;4*1-2-3;2*2-1(3,4)5;;;;;;;;/h2*1-5H,(H,8,9);6*1-4H,5H2;4*1H3;2*(H,2,3,4,5);;;;;2*1H2;;/q;;6*-1;;;;;;;;;2*+3;;;2*-2/p-4. The number of benzene rings is 2. The maximum absolute atomic E-state index is 10.1. The zero-order chi connectivity index (χ0) is 68.1. The van der Waals surface area contributed by atoms with Crippen LogP contribution in [0.3, 0.4) is 0 Å². The van der Waals surface area contributed by atoms with Crippen LogP contribution in [0.5, 0.6) is 0 Å². The van der Waals surface area contributed by atoms with Crippen LogP contribution in [0.4, 0.5) is 0 Å². The quantitative estimate of drug-likeness (QED) is 0.127. The molecule has 2 aromatic carbocycles. The minimum Gasteiger partial charge on any atom is -2.00 e. The van der Waals surface area contributed by atoms with Gasteiger partial charge in [0, 0.05) is 133 Å².